The fourth-order valence-corrected chi connectivity index (χ4v) is 2.28. The van der Waals surface area contributed by atoms with Crippen LogP contribution in [0, 0.1) is 5.92 Å². The largest absolute Gasteiger partial charge is 0.393 e. The number of hydrogen-bond donors (Lipinski definition) is 1. The van der Waals surface area contributed by atoms with Gasteiger partial charge < -0.3 is 10.2 Å². The highest BCUT2D eigenvalue weighted by atomic mass is 19.4. The molecule has 110 valence electrons. The quantitative estimate of drug-likeness (QED) is 0.909. The first-order valence-corrected chi connectivity index (χ1v) is 6.41. The van der Waals surface area contributed by atoms with Crippen LogP contribution in [-0.4, -0.2) is 42.1 Å². The number of anilines is 1. The lowest BCUT2D eigenvalue weighted by Gasteiger charge is -2.33. The van der Waals surface area contributed by atoms with Crippen molar-refractivity contribution in [3.05, 3.63) is 23.9 Å². The number of carbonyl (C=O) groups excluding carboxylic acids is 1. The van der Waals surface area contributed by atoms with Crippen LogP contribution in [0.4, 0.5) is 19.0 Å². The maximum Gasteiger partial charge on any atom is 0.393 e. The first-order chi connectivity index (χ1) is 9.41. The van der Waals surface area contributed by atoms with Gasteiger partial charge in [-0.15, -0.1) is 0 Å². The van der Waals surface area contributed by atoms with Gasteiger partial charge in [0.1, 0.15) is 5.82 Å². The third-order valence-corrected chi connectivity index (χ3v) is 3.44. The summed E-state index contributed by atoms with van der Waals surface area (Å²) in [7, 11) is 1.70. The van der Waals surface area contributed by atoms with Gasteiger partial charge in [0, 0.05) is 26.3 Å². The van der Waals surface area contributed by atoms with Crippen LogP contribution in [0.2, 0.25) is 0 Å². The van der Waals surface area contributed by atoms with Gasteiger partial charge in [0.05, 0.1) is 11.5 Å². The van der Waals surface area contributed by atoms with E-state index in [-0.39, 0.29) is 13.0 Å². The highest BCUT2D eigenvalue weighted by Gasteiger charge is 2.42. The predicted octanol–water partition coefficient (Wildman–Crippen LogP) is 2.54. The van der Waals surface area contributed by atoms with E-state index in [9.17, 15) is 18.0 Å². The molecule has 1 saturated heterocycles. The standard InChI is InChI=1S/C13H16F3N3O/c1-17-11-5-4-9(7-18-11)12(20)19-6-2-3-10(8-19)13(14,15)16/h4-5,7,10H,2-3,6,8H2,1H3,(H,17,18). The van der Waals surface area contributed by atoms with Gasteiger partial charge in [0.15, 0.2) is 0 Å². The highest BCUT2D eigenvalue weighted by molar-refractivity contribution is 5.94. The zero-order chi connectivity index (χ0) is 14.8. The van der Waals surface area contributed by atoms with Gasteiger partial charge in [-0.1, -0.05) is 0 Å². The number of nitrogens with one attached hydrogen (secondary N) is 1. The van der Waals surface area contributed by atoms with Crippen LogP contribution in [0.25, 0.3) is 0 Å². The Labute approximate surface area is 115 Å². The molecule has 1 unspecified atom stereocenters. The molecule has 0 aromatic carbocycles. The number of hydrogen-bond acceptors (Lipinski definition) is 3. The summed E-state index contributed by atoms with van der Waals surface area (Å²) in [5.74, 6) is -1.22. The van der Waals surface area contributed by atoms with E-state index in [2.05, 4.69) is 10.3 Å². The molecule has 0 spiro atoms. The van der Waals surface area contributed by atoms with E-state index in [1.807, 2.05) is 0 Å². The first-order valence-electron chi connectivity index (χ1n) is 6.41. The number of aromatic nitrogens is 1. The number of amides is 1. The molecule has 1 aromatic rings. The second-order valence-electron chi connectivity index (χ2n) is 4.81. The van der Waals surface area contributed by atoms with Crippen LogP contribution >= 0.6 is 0 Å². The normalized spacial score (nSPS) is 19.8. The third kappa shape index (κ3) is 3.20. The molecule has 0 bridgehead atoms. The first kappa shape index (κ1) is 14.6. The number of nitrogens with zero attached hydrogens (tertiary/aromatic N) is 2. The van der Waals surface area contributed by atoms with E-state index in [1.54, 1.807) is 19.2 Å². The van der Waals surface area contributed by atoms with E-state index in [0.29, 0.717) is 24.3 Å². The third-order valence-electron chi connectivity index (χ3n) is 3.44. The average Bonchev–Trinajstić information content (AvgIpc) is 2.46. The second kappa shape index (κ2) is 5.68. The van der Waals surface area contributed by atoms with E-state index < -0.39 is 18.0 Å². The van der Waals surface area contributed by atoms with Crippen LogP contribution in [0.3, 0.4) is 0 Å². The summed E-state index contributed by atoms with van der Waals surface area (Å²) in [5.41, 5.74) is 0.312. The minimum Gasteiger partial charge on any atom is -0.373 e. The van der Waals surface area contributed by atoms with Crippen molar-refractivity contribution in [2.24, 2.45) is 5.92 Å². The molecule has 1 aliphatic rings. The summed E-state index contributed by atoms with van der Waals surface area (Å²) < 4.78 is 38.2. The van der Waals surface area contributed by atoms with Gasteiger partial charge in [-0.25, -0.2) is 4.98 Å². The van der Waals surface area contributed by atoms with Crippen molar-refractivity contribution in [2.75, 3.05) is 25.5 Å². The Morgan fingerprint density at radius 1 is 1.45 bits per heavy atom. The molecule has 0 radical (unpaired) electrons. The minimum atomic E-state index is -4.24. The lowest BCUT2D eigenvalue weighted by Crippen LogP contribution is -2.44. The number of halogens is 3. The van der Waals surface area contributed by atoms with Gasteiger partial charge >= 0.3 is 6.18 Å². The highest BCUT2D eigenvalue weighted by Crippen LogP contribution is 2.33. The Balaban J connectivity index is 2.08. The monoisotopic (exact) mass is 287 g/mol. The summed E-state index contributed by atoms with van der Waals surface area (Å²) in [6, 6.07) is 3.19. The van der Waals surface area contributed by atoms with Crippen molar-refractivity contribution in [3.63, 3.8) is 0 Å². The molecule has 20 heavy (non-hydrogen) atoms. The Hall–Kier alpha value is -1.79. The molecule has 0 aliphatic carbocycles. The second-order valence-corrected chi connectivity index (χ2v) is 4.81. The molecule has 1 aliphatic heterocycles. The van der Waals surface area contributed by atoms with Crippen molar-refractivity contribution in [3.8, 4) is 0 Å². The summed E-state index contributed by atoms with van der Waals surface area (Å²) in [6.45, 7) is 0.0926. The lowest BCUT2D eigenvalue weighted by molar-refractivity contribution is -0.184. The van der Waals surface area contributed by atoms with Crippen LogP contribution < -0.4 is 5.32 Å². The number of alkyl halides is 3. The van der Waals surface area contributed by atoms with Crippen LogP contribution in [0.1, 0.15) is 23.2 Å². The van der Waals surface area contributed by atoms with Gasteiger partial charge in [-0.3, -0.25) is 4.79 Å². The van der Waals surface area contributed by atoms with Crippen molar-refractivity contribution < 1.29 is 18.0 Å². The maximum atomic E-state index is 12.7. The number of likely N-dealkylation sites (tertiary alicyclic amines) is 1. The average molecular weight is 287 g/mol. The molecule has 2 heterocycles. The van der Waals surface area contributed by atoms with Gasteiger partial charge in [-0.2, -0.15) is 13.2 Å². The Kier molecular flexibility index (Phi) is 4.15. The van der Waals surface area contributed by atoms with Gasteiger partial charge in [-0.05, 0) is 25.0 Å². The summed E-state index contributed by atoms with van der Waals surface area (Å²) in [6.07, 6.45) is -2.40. The predicted molar refractivity (Wildman–Crippen MR) is 68.5 cm³/mol. The minimum absolute atomic E-state index is 0.0875. The Bertz CT molecular complexity index is 473. The van der Waals surface area contributed by atoms with Crippen molar-refractivity contribution >= 4 is 11.7 Å². The number of pyridine rings is 1. The van der Waals surface area contributed by atoms with Crippen molar-refractivity contribution in [2.45, 2.75) is 19.0 Å². The van der Waals surface area contributed by atoms with Gasteiger partial charge in [0.2, 0.25) is 0 Å². The van der Waals surface area contributed by atoms with Crippen LogP contribution in [-0.2, 0) is 0 Å². The summed E-state index contributed by atoms with van der Waals surface area (Å²) in [5, 5.41) is 2.81. The molecule has 0 saturated carbocycles. The molecule has 1 N–H and O–H groups in total. The van der Waals surface area contributed by atoms with E-state index in [4.69, 9.17) is 0 Å². The Morgan fingerprint density at radius 3 is 2.75 bits per heavy atom. The molecule has 1 aromatic heterocycles. The molecule has 1 fully saturated rings. The zero-order valence-electron chi connectivity index (χ0n) is 11.1. The lowest BCUT2D eigenvalue weighted by atomic mass is 9.97. The summed E-state index contributed by atoms with van der Waals surface area (Å²) >= 11 is 0. The molecular formula is C13H16F3N3O. The zero-order valence-corrected chi connectivity index (χ0v) is 11.1. The topological polar surface area (TPSA) is 45.2 Å². The van der Waals surface area contributed by atoms with E-state index >= 15 is 0 Å². The van der Waals surface area contributed by atoms with Crippen molar-refractivity contribution in [1.82, 2.24) is 9.88 Å². The number of rotatable bonds is 2. The van der Waals surface area contributed by atoms with E-state index in [0.717, 1.165) is 0 Å². The van der Waals surface area contributed by atoms with Gasteiger partial charge in [0.25, 0.3) is 5.91 Å². The fraction of sp³-hybridized carbons (Fsp3) is 0.538. The molecule has 1 amide bonds. The number of carbonyl (C=O) groups is 1. The van der Waals surface area contributed by atoms with Crippen LogP contribution in [0.5, 0.6) is 0 Å². The SMILES string of the molecule is CNc1ccc(C(=O)N2CCCC(C(F)(F)F)C2)cn1. The molecule has 4 nitrogen and oxygen atoms in total. The maximum absolute atomic E-state index is 12.7. The fourth-order valence-electron chi connectivity index (χ4n) is 2.28. The smallest absolute Gasteiger partial charge is 0.373 e. The molecular weight excluding hydrogens is 271 g/mol. The van der Waals surface area contributed by atoms with Crippen LogP contribution in [0.15, 0.2) is 18.3 Å². The summed E-state index contributed by atoms with van der Waals surface area (Å²) in [4.78, 5) is 17.4. The number of piperidine rings is 1. The Morgan fingerprint density at radius 2 is 2.20 bits per heavy atom. The molecule has 1 atom stereocenters. The van der Waals surface area contributed by atoms with E-state index in [1.165, 1.54) is 11.1 Å². The molecule has 7 heteroatoms. The van der Waals surface area contributed by atoms with Crippen molar-refractivity contribution in [1.29, 1.82) is 0 Å². The molecule has 2 rings (SSSR count).